The molecule has 0 aliphatic heterocycles. The maximum Gasteiger partial charge on any atom is 0.233 e. The molecule has 0 aliphatic carbocycles. The molecule has 1 aromatic heterocycles. The van der Waals surface area contributed by atoms with Crippen LogP contribution in [0.25, 0.3) is 0 Å². The van der Waals surface area contributed by atoms with Gasteiger partial charge in [0.1, 0.15) is 6.61 Å². The fraction of sp³-hybridized carbons (Fsp3) is 0.231. The predicted octanol–water partition coefficient (Wildman–Crippen LogP) is 3.90. The molecule has 2 aromatic rings. The molecule has 0 unspecified atom stereocenters. The molecule has 0 saturated carbocycles. The summed E-state index contributed by atoms with van der Waals surface area (Å²) in [5.41, 5.74) is 1.03. The Morgan fingerprint density at radius 2 is 2.05 bits per heavy atom. The van der Waals surface area contributed by atoms with Crippen LogP contribution in [0.2, 0.25) is 5.02 Å². The molecule has 1 heterocycles. The number of halogens is 2. The van der Waals surface area contributed by atoms with Gasteiger partial charge >= 0.3 is 0 Å². The fourth-order valence-corrected chi connectivity index (χ4v) is 1.86. The van der Waals surface area contributed by atoms with Crippen molar-refractivity contribution in [2.45, 2.75) is 13.5 Å². The van der Waals surface area contributed by atoms with Crippen molar-refractivity contribution in [1.29, 1.82) is 0 Å². The van der Waals surface area contributed by atoms with Gasteiger partial charge in [0.2, 0.25) is 11.8 Å². The Balaban J connectivity index is 2.05. The zero-order valence-electron chi connectivity index (χ0n) is 10.4. The summed E-state index contributed by atoms with van der Waals surface area (Å²) in [6.45, 7) is 3.18. The summed E-state index contributed by atoms with van der Waals surface area (Å²) in [5.74, 6) is 1.07. The van der Waals surface area contributed by atoms with E-state index in [1.165, 1.54) is 0 Å². The third kappa shape index (κ3) is 4.08. The van der Waals surface area contributed by atoms with Crippen LogP contribution in [-0.2, 0) is 6.61 Å². The first-order valence-electron chi connectivity index (χ1n) is 5.82. The largest absolute Gasteiger partial charge is 0.472 e. The minimum atomic E-state index is 0.429. The second kappa shape index (κ2) is 6.73. The Labute approximate surface area is 125 Å². The van der Waals surface area contributed by atoms with Crippen molar-refractivity contribution < 1.29 is 4.74 Å². The normalized spacial score (nSPS) is 10.3. The highest BCUT2D eigenvalue weighted by molar-refractivity contribution is 9.10. The molecule has 0 fully saturated rings. The number of hydrogen-bond donors (Lipinski definition) is 1. The Morgan fingerprint density at radius 3 is 2.74 bits per heavy atom. The lowest BCUT2D eigenvalue weighted by Crippen LogP contribution is -2.04. The molecule has 6 heteroatoms. The first-order valence-corrected chi connectivity index (χ1v) is 7.00. The van der Waals surface area contributed by atoms with E-state index in [1.807, 2.05) is 31.2 Å². The molecular formula is C13H13BrClN3O. The molecule has 0 atom stereocenters. The SMILES string of the molecule is CCNc1ncc(Br)c(OCc2ccc(Cl)cc2)n1. The molecule has 1 N–H and O–H groups in total. The van der Waals surface area contributed by atoms with Gasteiger partial charge in [0.15, 0.2) is 0 Å². The van der Waals surface area contributed by atoms with E-state index >= 15 is 0 Å². The minimum absolute atomic E-state index is 0.429. The molecule has 19 heavy (non-hydrogen) atoms. The van der Waals surface area contributed by atoms with Crippen molar-refractivity contribution in [2.24, 2.45) is 0 Å². The molecule has 0 amide bonds. The summed E-state index contributed by atoms with van der Waals surface area (Å²) in [6.07, 6.45) is 1.67. The summed E-state index contributed by atoms with van der Waals surface area (Å²) < 4.78 is 6.39. The van der Waals surface area contributed by atoms with Crippen LogP contribution in [0.15, 0.2) is 34.9 Å². The quantitative estimate of drug-likeness (QED) is 0.895. The van der Waals surface area contributed by atoms with E-state index in [0.717, 1.165) is 16.6 Å². The average molecular weight is 343 g/mol. The second-order valence-corrected chi connectivity index (χ2v) is 5.08. The maximum absolute atomic E-state index is 5.83. The van der Waals surface area contributed by atoms with Gasteiger partial charge in [-0.05, 0) is 40.5 Å². The lowest BCUT2D eigenvalue weighted by molar-refractivity contribution is 0.291. The van der Waals surface area contributed by atoms with Gasteiger partial charge in [-0.2, -0.15) is 4.98 Å². The molecule has 0 radical (unpaired) electrons. The molecular weight excluding hydrogens is 330 g/mol. The van der Waals surface area contributed by atoms with Gasteiger partial charge in [-0.3, -0.25) is 0 Å². The molecule has 2 rings (SSSR count). The number of anilines is 1. The van der Waals surface area contributed by atoms with Crippen molar-refractivity contribution in [3.63, 3.8) is 0 Å². The van der Waals surface area contributed by atoms with Crippen molar-refractivity contribution >= 4 is 33.5 Å². The number of nitrogens with zero attached hydrogens (tertiary/aromatic N) is 2. The van der Waals surface area contributed by atoms with Gasteiger partial charge < -0.3 is 10.1 Å². The lowest BCUT2D eigenvalue weighted by Gasteiger charge is -2.09. The van der Waals surface area contributed by atoms with Gasteiger partial charge in [0, 0.05) is 11.6 Å². The summed E-state index contributed by atoms with van der Waals surface area (Å²) in [4.78, 5) is 8.41. The van der Waals surface area contributed by atoms with Crippen LogP contribution in [0.3, 0.4) is 0 Å². The maximum atomic E-state index is 5.83. The first-order chi connectivity index (χ1) is 9.19. The molecule has 0 spiro atoms. The molecule has 0 saturated heterocycles. The predicted molar refractivity (Wildman–Crippen MR) is 79.7 cm³/mol. The smallest absolute Gasteiger partial charge is 0.233 e. The Kier molecular flexibility index (Phi) is 4.99. The van der Waals surface area contributed by atoms with Crippen LogP contribution in [0.1, 0.15) is 12.5 Å². The number of hydrogen-bond acceptors (Lipinski definition) is 4. The second-order valence-electron chi connectivity index (χ2n) is 3.79. The van der Waals surface area contributed by atoms with Crippen LogP contribution in [0.4, 0.5) is 5.95 Å². The molecule has 1 aromatic carbocycles. The van der Waals surface area contributed by atoms with E-state index in [2.05, 4.69) is 31.2 Å². The highest BCUT2D eigenvalue weighted by Gasteiger charge is 2.06. The highest BCUT2D eigenvalue weighted by atomic mass is 79.9. The number of benzene rings is 1. The van der Waals surface area contributed by atoms with Crippen LogP contribution in [-0.4, -0.2) is 16.5 Å². The van der Waals surface area contributed by atoms with E-state index in [0.29, 0.717) is 23.5 Å². The summed E-state index contributed by atoms with van der Waals surface area (Å²) in [5, 5.41) is 3.75. The van der Waals surface area contributed by atoms with Gasteiger partial charge in [0.05, 0.1) is 10.7 Å². The Bertz CT molecular complexity index is 548. The summed E-state index contributed by atoms with van der Waals surface area (Å²) >= 11 is 9.20. The van der Waals surface area contributed by atoms with Crippen LogP contribution in [0.5, 0.6) is 5.88 Å². The van der Waals surface area contributed by atoms with Crippen molar-refractivity contribution in [1.82, 2.24) is 9.97 Å². The average Bonchev–Trinajstić information content (AvgIpc) is 2.41. The lowest BCUT2D eigenvalue weighted by atomic mass is 10.2. The molecule has 0 aliphatic rings. The van der Waals surface area contributed by atoms with Gasteiger partial charge in [0.25, 0.3) is 0 Å². The van der Waals surface area contributed by atoms with Crippen LogP contribution >= 0.6 is 27.5 Å². The Hall–Kier alpha value is -1.33. The van der Waals surface area contributed by atoms with Gasteiger partial charge in [-0.1, -0.05) is 23.7 Å². The number of ether oxygens (including phenoxy) is 1. The summed E-state index contributed by atoms with van der Waals surface area (Å²) in [6, 6.07) is 7.50. The zero-order valence-corrected chi connectivity index (χ0v) is 12.7. The number of nitrogens with one attached hydrogen (secondary N) is 1. The molecule has 0 bridgehead atoms. The zero-order chi connectivity index (χ0) is 13.7. The van der Waals surface area contributed by atoms with E-state index in [1.54, 1.807) is 6.20 Å². The van der Waals surface area contributed by atoms with Gasteiger partial charge in [-0.15, -0.1) is 0 Å². The van der Waals surface area contributed by atoms with Crippen LogP contribution < -0.4 is 10.1 Å². The number of rotatable bonds is 5. The fourth-order valence-electron chi connectivity index (χ4n) is 1.43. The molecule has 4 nitrogen and oxygen atoms in total. The van der Waals surface area contributed by atoms with E-state index in [-0.39, 0.29) is 0 Å². The highest BCUT2D eigenvalue weighted by Crippen LogP contribution is 2.23. The summed E-state index contributed by atoms with van der Waals surface area (Å²) in [7, 11) is 0. The van der Waals surface area contributed by atoms with E-state index < -0.39 is 0 Å². The standard InChI is InChI=1S/C13H13BrClN3O/c1-2-16-13-17-7-11(14)12(18-13)19-8-9-3-5-10(15)6-4-9/h3-7H,2,8H2,1H3,(H,16,17,18). The van der Waals surface area contributed by atoms with Crippen molar-refractivity contribution in [3.05, 3.63) is 45.5 Å². The minimum Gasteiger partial charge on any atom is -0.472 e. The first kappa shape index (κ1) is 14.1. The van der Waals surface area contributed by atoms with Crippen molar-refractivity contribution in [3.8, 4) is 5.88 Å². The van der Waals surface area contributed by atoms with Gasteiger partial charge in [-0.25, -0.2) is 4.98 Å². The van der Waals surface area contributed by atoms with Crippen LogP contribution in [0, 0.1) is 0 Å². The van der Waals surface area contributed by atoms with E-state index in [4.69, 9.17) is 16.3 Å². The third-order valence-corrected chi connectivity index (χ3v) is 3.13. The third-order valence-electron chi connectivity index (χ3n) is 2.34. The Morgan fingerprint density at radius 1 is 1.32 bits per heavy atom. The topological polar surface area (TPSA) is 47.0 Å². The van der Waals surface area contributed by atoms with Crippen molar-refractivity contribution in [2.75, 3.05) is 11.9 Å². The van der Waals surface area contributed by atoms with E-state index in [9.17, 15) is 0 Å². The monoisotopic (exact) mass is 341 g/mol. The number of aromatic nitrogens is 2. The molecule has 100 valence electrons.